The van der Waals surface area contributed by atoms with Crippen LogP contribution in [0.4, 0.5) is 5.82 Å². The zero-order valence-corrected chi connectivity index (χ0v) is 17.3. The van der Waals surface area contributed by atoms with Crippen LogP contribution in [0.25, 0.3) is 0 Å². The third-order valence-electron chi connectivity index (χ3n) is 8.87. The van der Waals surface area contributed by atoms with Gasteiger partial charge in [-0.1, -0.05) is 12.8 Å². The minimum Gasteiger partial charge on any atom is -0.369 e. The molecule has 0 aromatic carbocycles. The highest BCUT2D eigenvalue weighted by atomic mass is 15.2. The van der Waals surface area contributed by atoms with Crippen molar-refractivity contribution in [2.45, 2.75) is 77.2 Å². The molecule has 1 aliphatic heterocycles. The maximum absolute atomic E-state index is 4.70. The molecule has 0 unspecified atom stereocenters. The van der Waals surface area contributed by atoms with Gasteiger partial charge in [0.15, 0.2) is 0 Å². The van der Waals surface area contributed by atoms with Crippen molar-refractivity contribution < 1.29 is 0 Å². The Balaban J connectivity index is 1.13. The molecule has 0 spiro atoms. The molecule has 0 radical (unpaired) electrons. The van der Waals surface area contributed by atoms with Crippen LogP contribution >= 0.6 is 0 Å². The van der Waals surface area contributed by atoms with E-state index in [1.165, 1.54) is 88.6 Å². The topological polar surface area (TPSA) is 41.1 Å². The van der Waals surface area contributed by atoms with E-state index in [1.807, 2.05) is 0 Å². The molecule has 7 rings (SSSR count). The van der Waals surface area contributed by atoms with E-state index in [1.54, 1.807) is 6.33 Å². The van der Waals surface area contributed by atoms with Gasteiger partial charge in [-0.2, -0.15) is 0 Å². The summed E-state index contributed by atoms with van der Waals surface area (Å²) in [5.41, 5.74) is 3.26. The zero-order chi connectivity index (χ0) is 18.6. The van der Waals surface area contributed by atoms with Crippen molar-refractivity contribution in [3.8, 4) is 0 Å². The molecule has 5 saturated carbocycles. The second-order valence-electron chi connectivity index (χ2n) is 11.1. The monoisotopic (exact) mass is 380 g/mol. The summed E-state index contributed by atoms with van der Waals surface area (Å²) < 4.78 is 0. The number of nitrogens with zero attached hydrogens (tertiary/aromatic N) is 3. The lowest BCUT2D eigenvalue weighted by atomic mass is 9.49. The lowest BCUT2D eigenvalue weighted by Crippen LogP contribution is -2.49. The highest BCUT2D eigenvalue weighted by molar-refractivity contribution is 5.47. The molecule has 5 fully saturated rings. The van der Waals surface area contributed by atoms with E-state index in [4.69, 9.17) is 4.98 Å². The Hall–Kier alpha value is -1.16. The van der Waals surface area contributed by atoms with Crippen LogP contribution in [-0.2, 0) is 13.0 Å². The summed E-state index contributed by atoms with van der Waals surface area (Å²) in [4.78, 5) is 12.0. The summed E-state index contributed by atoms with van der Waals surface area (Å²) in [6.07, 6.45) is 17.7. The number of aromatic nitrogens is 2. The van der Waals surface area contributed by atoms with Gasteiger partial charge in [0.05, 0.1) is 5.69 Å². The molecule has 0 atom stereocenters. The van der Waals surface area contributed by atoms with E-state index < -0.39 is 0 Å². The van der Waals surface area contributed by atoms with Gasteiger partial charge in [-0.3, -0.25) is 4.90 Å². The number of rotatable bonds is 5. The number of hydrogen-bond donors (Lipinski definition) is 1. The molecular formula is C24H36N4. The van der Waals surface area contributed by atoms with Crippen LogP contribution in [0.1, 0.15) is 75.5 Å². The van der Waals surface area contributed by atoms with Gasteiger partial charge in [-0.25, -0.2) is 9.97 Å². The van der Waals surface area contributed by atoms with Gasteiger partial charge in [-0.15, -0.1) is 0 Å². The van der Waals surface area contributed by atoms with Gasteiger partial charge in [0.1, 0.15) is 12.1 Å². The standard InChI is InChI=1S/C24H36N4/c1-2-4-17(3-1)13-28-6-5-21-22(14-28)26-16-27-23(21)25-15-24-10-18-7-19(11-24)9-20(8-18)12-24/h16-20H,1-15H2,(H,25,26,27). The second-order valence-corrected chi connectivity index (χ2v) is 11.1. The largest absolute Gasteiger partial charge is 0.369 e. The molecule has 1 aromatic rings. The Morgan fingerprint density at radius 1 is 1.00 bits per heavy atom. The van der Waals surface area contributed by atoms with Crippen molar-refractivity contribution >= 4 is 5.82 Å². The zero-order valence-electron chi connectivity index (χ0n) is 17.3. The molecule has 28 heavy (non-hydrogen) atoms. The molecular weight excluding hydrogens is 344 g/mol. The minimum atomic E-state index is 0.565. The highest BCUT2D eigenvalue weighted by Crippen LogP contribution is 2.59. The summed E-state index contributed by atoms with van der Waals surface area (Å²) in [5, 5.41) is 3.85. The summed E-state index contributed by atoms with van der Waals surface area (Å²) in [5.74, 6) is 5.16. The van der Waals surface area contributed by atoms with Crippen molar-refractivity contribution in [1.29, 1.82) is 0 Å². The average Bonchev–Trinajstić information content (AvgIpc) is 3.18. The molecule has 4 heteroatoms. The third-order valence-corrected chi connectivity index (χ3v) is 8.87. The van der Waals surface area contributed by atoms with Crippen LogP contribution in [0.2, 0.25) is 0 Å². The van der Waals surface area contributed by atoms with Crippen molar-refractivity contribution in [3.05, 3.63) is 17.6 Å². The van der Waals surface area contributed by atoms with E-state index in [2.05, 4.69) is 15.2 Å². The van der Waals surface area contributed by atoms with E-state index in [9.17, 15) is 0 Å². The summed E-state index contributed by atoms with van der Waals surface area (Å²) in [6, 6.07) is 0. The van der Waals surface area contributed by atoms with Crippen LogP contribution in [-0.4, -0.2) is 34.5 Å². The first-order valence-electron chi connectivity index (χ1n) is 12.0. The SMILES string of the molecule is c1nc2c(c(NCC34CC5CC(CC(C5)C3)C4)n1)CCN(CC1CCCC1)C2. The summed E-state index contributed by atoms with van der Waals surface area (Å²) >= 11 is 0. The first kappa shape index (κ1) is 17.7. The number of nitrogens with one attached hydrogen (secondary N) is 1. The predicted octanol–water partition coefficient (Wildman–Crippen LogP) is 4.65. The Labute approximate surface area is 169 Å². The minimum absolute atomic E-state index is 0.565. The molecule has 5 aliphatic carbocycles. The maximum atomic E-state index is 4.70. The predicted molar refractivity (Wildman–Crippen MR) is 112 cm³/mol. The molecule has 1 aromatic heterocycles. The Morgan fingerprint density at radius 2 is 1.71 bits per heavy atom. The van der Waals surface area contributed by atoms with Crippen LogP contribution in [0.5, 0.6) is 0 Å². The third kappa shape index (κ3) is 3.26. The fourth-order valence-corrected chi connectivity index (χ4v) is 8.05. The average molecular weight is 381 g/mol. The highest BCUT2D eigenvalue weighted by Gasteiger charge is 2.50. The normalized spacial score (nSPS) is 37.4. The van der Waals surface area contributed by atoms with Crippen LogP contribution in [0, 0.1) is 29.1 Å². The smallest absolute Gasteiger partial charge is 0.132 e. The molecule has 0 saturated heterocycles. The van der Waals surface area contributed by atoms with Gasteiger partial charge >= 0.3 is 0 Å². The Morgan fingerprint density at radius 3 is 2.43 bits per heavy atom. The molecule has 152 valence electrons. The van der Waals surface area contributed by atoms with E-state index >= 15 is 0 Å². The molecule has 4 bridgehead atoms. The Bertz CT molecular complexity index is 688. The van der Waals surface area contributed by atoms with E-state index in [0.717, 1.165) is 49.0 Å². The van der Waals surface area contributed by atoms with Crippen molar-refractivity contribution in [3.63, 3.8) is 0 Å². The van der Waals surface area contributed by atoms with Crippen molar-refractivity contribution in [2.75, 3.05) is 25.0 Å². The molecule has 0 amide bonds. The van der Waals surface area contributed by atoms with Crippen LogP contribution < -0.4 is 5.32 Å². The van der Waals surface area contributed by atoms with Crippen molar-refractivity contribution in [1.82, 2.24) is 14.9 Å². The molecule has 1 N–H and O–H groups in total. The molecule has 6 aliphatic rings. The van der Waals surface area contributed by atoms with E-state index in [-0.39, 0.29) is 0 Å². The van der Waals surface area contributed by atoms with Gasteiger partial charge in [-0.05, 0) is 86.9 Å². The second kappa shape index (κ2) is 6.97. The molecule has 2 heterocycles. The summed E-state index contributed by atoms with van der Waals surface area (Å²) in [7, 11) is 0. The lowest BCUT2D eigenvalue weighted by Gasteiger charge is -2.57. The molecule has 4 nitrogen and oxygen atoms in total. The first-order chi connectivity index (χ1) is 13.7. The summed E-state index contributed by atoms with van der Waals surface area (Å²) in [6.45, 7) is 4.63. The van der Waals surface area contributed by atoms with Gasteiger partial charge in [0.25, 0.3) is 0 Å². The van der Waals surface area contributed by atoms with Gasteiger partial charge < -0.3 is 5.32 Å². The number of anilines is 1. The lowest BCUT2D eigenvalue weighted by molar-refractivity contribution is -0.0444. The quantitative estimate of drug-likeness (QED) is 0.807. The van der Waals surface area contributed by atoms with E-state index in [0.29, 0.717) is 5.41 Å². The van der Waals surface area contributed by atoms with Crippen molar-refractivity contribution in [2.24, 2.45) is 29.1 Å². The Kier molecular flexibility index (Phi) is 4.40. The van der Waals surface area contributed by atoms with Crippen LogP contribution in [0.15, 0.2) is 6.33 Å². The van der Waals surface area contributed by atoms with Gasteiger partial charge in [0.2, 0.25) is 0 Å². The number of hydrogen-bond acceptors (Lipinski definition) is 4. The fourth-order valence-electron chi connectivity index (χ4n) is 8.05. The van der Waals surface area contributed by atoms with Crippen LogP contribution in [0.3, 0.4) is 0 Å². The fraction of sp³-hybridized carbons (Fsp3) is 0.833. The maximum Gasteiger partial charge on any atom is 0.132 e. The van der Waals surface area contributed by atoms with Gasteiger partial charge in [0, 0.05) is 31.7 Å². The first-order valence-corrected chi connectivity index (χ1v) is 12.0. The number of fused-ring (bicyclic) bond motifs is 1.